The molecule has 1 aromatic carbocycles. The van der Waals surface area contributed by atoms with Crippen molar-refractivity contribution >= 4 is 65.5 Å². The van der Waals surface area contributed by atoms with Crippen LogP contribution < -0.4 is 16.0 Å². The van der Waals surface area contributed by atoms with E-state index in [1.807, 2.05) is 19.1 Å². The molecule has 0 saturated carbocycles. The van der Waals surface area contributed by atoms with E-state index in [0.717, 1.165) is 5.56 Å². The third kappa shape index (κ3) is 31.8. The molecule has 0 aliphatic carbocycles. The van der Waals surface area contributed by atoms with Crippen LogP contribution in [0.15, 0.2) is 24.3 Å². The van der Waals surface area contributed by atoms with Crippen LogP contribution in [0.4, 0.5) is 0 Å². The van der Waals surface area contributed by atoms with Gasteiger partial charge in [0.2, 0.25) is 17.7 Å². The second-order valence-corrected chi connectivity index (χ2v) is 19.5. The number of hydrogen-bond donors (Lipinski definition) is 11. The summed E-state index contributed by atoms with van der Waals surface area (Å²) in [5, 5.41) is 86.2. The molecule has 11 N–H and O–H groups in total. The Balaban J connectivity index is 0.0000164. The molecule has 0 spiro atoms. The number of amides is 3. The summed E-state index contributed by atoms with van der Waals surface area (Å²) in [6.45, 7) is -0.549. The molecule has 0 aromatic heterocycles. The zero-order chi connectivity index (χ0) is 58.6. The SMILES string of the molecule is Cc1ccc(CNC(=O)[C@H](CNC(=O)CCC(C(=O)O)N2CCN(CC(=O)O)CCN(CC(=O)O)CCN(CC(=O)O)CC2)NC(=O)CCC(C(=O)O)N2CCN(CC(=O)O)CCN(CC(=O)O)CCN(CC(=O)O)CC2)cc1.[Gd].[Gd]. The summed E-state index contributed by atoms with van der Waals surface area (Å²) in [5.74, 6) is -12.0. The maximum absolute atomic E-state index is 13.8. The van der Waals surface area contributed by atoms with Crippen LogP contribution in [0.2, 0.25) is 0 Å². The van der Waals surface area contributed by atoms with Gasteiger partial charge in [-0.1, -0.05) is 29.8 Å². The van der Waals surface area contributed by atoms with Crippen LogP contribution in [0.3, 0.4) is 0 Å². The molecule has 2 aliphatic rings. The van der Waals surface area contributed by atoms with E-state index in [1.165, 1.54) is 29.4 Å². The molecule has 81 heavy (non-hydrogen) atoms. The summed E-state index contributed by atoms with van der Waals surface area (Å²) in [7, 11) is 0. The maximum atomic E-state index is 13.8. The van der Waals surface area contributed by atoms with Gasteiger partial charge in [-0.3, -0.25) is 91.9 Å². The Kier molecular flexibility index (Phi) is 37.0. The molecule has 2 aliphatic heterocycles. The molecule has 32 heteroatoms. The number of carbonyl (C=O) groups is 11. The smallest absolute Gasteiger partial charge is 0.320 e. The van der Waals surface area contributed by atoms with E-state index in [0.29, 0.717) is 5.56 Å². The third-order valence-corrected chi connectivity index (χ3v) is 13.4. The molecule has 2 unspecified atom stereocenters. The largest absolute Gasteiger partial charge is 0.480 e. The molecule has 0 radical (unpaired) electrons. The fourth-order valence-corrected chi connectivity index (χ4v) is 9.08. The normalized spacial score (nSPS) is 17.9. The molecular weight excluding hydrogens is 1360 g/mol. The fraction of sp³-hybridized carbons (Fsp3) is 0.653. The second kappa shape index (κ2) is 40.1. The van der Waals surface area contributed by atoms with E-state index < -0.39 is 129 Å². The molecule has 2 heterocycles. The van der Waals surface area contributed by atoms with Crippen molar-refractivity contribution in [1.82, 2.24) is 55.1 Å². The minimum atomic E-state index is -1.45. The van der Waals surface area contributed by atoms with Gasteiger partial charge in [-0.25, -0.2) is 0 Å². The Morgan fingerprint density at radius 3 is 0.988 bits per heavy atom. The van der Waals surface area contributed by atoms with Crippen LogP contribution >= 0.6 is 0 Å². The van der Waals surface area contributed by atoms with Gasteiger partial charge in [-0.15, -0.1) is 0 Å². The molecule has 3 rings (SSSR count). The number of carboxylic acids is 8. The quantitative estimate of drug-likeness (QED) is 0.0378. The number of carbonyl (C=O) groups excluding carboxylic acids is 3. The number of aliphatic carboxylic acids is 8. The molecule has 458 valence electrons. The summed E-state index contributed by atoms with van der Waals surface area (Å²) >= 11 is 0. The zero-order valence-electron chi connectivity index (χ0n) is 45.2. The first-order valence-corrected chi connectivity index (χ1v) is 25.8. The molecule has 1 aromatic rings. The summed E-state index contributed by atoms with van der Waals surface area (Å²) in [5.41, 5.74) is 1.65. The first-order valence-electron chi connectivity index (χ1n) is 25.8. The molecule has 2 saturated heterocycles. The van der Waals surface area contributed by atoms with Crippen molar-refractivity contribution in [2.75, 3.05) is 151 Å². The van der Waals surface area contributed by atoms with Gasteiger partial charge in [-0.05, 0) is 25.3 Å². The Morgan fingerprint density at radius 1 is 0.420 bits per heavy atom. The van der Waals surface area contributed by atoms with Gasteiger partial charge in [0.25, 0.3) is 0 Å². The summed E-state index contributed by atoms with van der Waals surface area (Å²) in [6.07, 6.45) is -1.55. The number of nitrogens with zero attached hydrogens (tertiary/aromatic N) is 8. The standard InChI is InChI=1S/C49H77N11O19.2Gd/c1-34-2-4-35(5-3-34)26-51-47(75)36(52-40(62)9-7-38(49(78)79)60-24-20-57(32-45(71)72)16-12-54(29-42(65)66)13-17-58(21-25-60)33-46(73)74)27-50-39(61)8-6-37(48(76)77)59-22-18-55(30-43(67)68)14-10-53(28-41(63)64)11-15-56(19-23-59)31-44(69)70;;/h2-5,36-38H,6-33H2,1H3,(H,50,61)(H,51,75)(H,52,62)(H,63,64)(H,65,66)(H,67,68)(H,69,70)(H,71,72)(H,73,74)(H,76,77)(H,78,79);;/t36-,37?,38?;;/m0../s1. The molecule has 30 nitrogen and oxygen atoms in total. The van der Waals surface area contributed by atoms with E-state index in [-0.39, 0.29) is 217 Å². The number of rotatable bonds is 28. The molecular formula is C49H77Gd2N11O19. The minimum Gasteiger partial charge on any atom is -0.480 e. The van der Waals surface area contributed by atoms with E-state index in [4.69, 9.17) is 0 Å². The molecule has 2 fully saturated rings. The summed E-state index contributed by atoms with van der Waals surface area (Å²) in [4.78, 5) is 149. The monoisotopic (exact) mass is 1440 g/mol. The molecule has 0 bridgehead atoms. The number of carboxylic acid groups (broad SMARTS) is 8. The van der Waals surface area contributed by atoms with Crippen LogP contribution in [-0.4, -0.2) is 314 Å². The summed E-state index contributed by atoms with van der Waals surface area (Å²) in [6, 6.07) is 3.00. The maximum Gasteiger partial charge on any atom is 0.320 e. The Morgan fingerprint density at radius 2 is 0.704 bits per heavy atom. The van der Waals surface area contributed by atoms with Crippen molar-refractivity contribution in [2.45, 2.75) is 57.3 Å². The van der Waals surface area contributed by atoms with Crippen molar-refractivity contribution in [2.24, 2.45) is 0 Å². The number of benzene rings is 1. The van der Waals surface area contributed by atoms with Gasteiger partial charge in [0, 0.05) is 211 Å². The van der Waals surface area contributed by atoms with Crippen molar-refractivity contribution < 1.29 is 173 Å². The van der Waals surface area contributed by atoms with E-state index in [9.17, 15) is 93.6 Å². The molecule has 3 amide bonds. The van der Waals surface area contributed by atoms with Crippen molar-refractivity contribution in [1.29, 1.82) is 0 Å². The van der Waals surface area contributed by atoms with Gasteiger partial charge in [0.15, 0.2) is 0 Å². The predicted molar refractivity (Wildman–Crippen MR) is 277 cm³/mol. The third-order valence-electron chi connectivity index (χ3n) is 13.4. The van der Waals surface area contributed by atoms with Gasteiger partial charge < -0.3 is 56.8 Å². The number of hydrogen-bond acceptors (Lipinski definition) is 19. The van der Waals surface area contributed by atoms with Gasteiger partial charge >= 0.3 is 47.8 Å². The first-order chi connectivity index (χ1) is 37.4. The summed E-state index contributed by atoms with van der Waals surface area (Å²) < 4.78 is 0. The van der Waals surface area contributed by atoms with E-state index in [1.54, 1.807) is 21.9 Å². The molecule has 3 atom stereocenters. The van der Waals surface area contributed by atoms with Crippen LogP contribution in [0.25, 0.3) is 0 Å². The van der Waals surface area contributed by atoms with Crippen molar-refractivity contribution in [3.63, 3.8) is 0 Å². The minimum absolute atomic E-state index is 0. The van der Waals surface area contributed by atoms with Gasteiger partial charge in [-0.2, -0.15) is 0 Å². The second-order valence-electron chi connectivity index (χ2n) is 19.5. The fourth-order valence-electron chi connectivity index (χ4n) is 9.08. The van der Waals surface area contributed by atoms with Gasteiger partial charge in [0.05, 0.1) is 39.3 Å². The average Bonchev–Trinajstić information content (AvgIpc) is 3.34. The van der Waals surface area contributed by atoms with Crippen LogP contribution in [-0.2, 0) is 59.3 Å². The predicted octanol–water partition coefficient (Wildman–Crippen LogP) is -4.37. The van der Waals surface area contributed by atoms with Crippen molar-refractivity contribution in [3.8, 4) is 0 Å². The number of nitrogens with one attached hydrogen (secondary N) is 3. The first kappa shape index (κ1) is 74.7. The van der Waals surface area contributed by atoms with Crippen LogP contribution in [0, 0.1) is 86.8 Å². The average molecular weight is 1440 g/mol. The zero-order valence-corrected chi connectivity index (χ0v) is 49.7. The topological polar surface area (TPSA) is 412 Å². The van der Waals surface area contributed by atoms with Crippen molar-refractivity contribution in [3.05, 3.63) is 35.4 Å². The van der Waals surface area contributed by atoms with E-state index >= 15 is 0 Å². The Labute approximate surface area is 532 Å². The number of aryl methyl sites for hydroxylation is 1. The van der Waals surface area contributed by atoms with Crippen LogP contribution in [0.1, 0.15) is 36.8 Å². The van der Waals surface area contributed by atoms with Crippen LogP contribution in [0.5, 0.6) is 0 Å². The van der Waals surface area contributed by atoms with E-state index in [2.05, 4.69) is 16.0 Å². The Hall–Kier alpha value is -4.28. The Bertz CT molecular complexity index is 2180. The van der Waals surface area contributed by atoms with Gasteiger partial charge in [0.1, 0.15) is 18.1 Å².